The number of ether oxygens (including phenoxy) is 4. The van der Waals surface area contributed by atoms with E-state index in [4.69, 9.17) is 18.9 Å². The number of benzene rings is 1. The second-order valence-electron chi connectivity index (χ2n) is 6.51. The Bertz CT molecular complexity index is 643. The first-order valence-electron chi connectivity index (χ1n) is 8.82. The summed E-state index contributed by atoms with van der Waals surface area (Å²) >= 11 is 0. The molecule has 1 aliphatic rings. The van der Waals surface area contributed by atoms with Crippen molar-refractivity contribution < 1.29 is 33.6 Å². The monoisotopic (exact) mass is 381 g/mol. The second-order valence-corrected chi connectivity index (χ2v) is 6.51. The highest BCUT2D eigenvalue weighted by Gasteiger charge is 2.40. The lowest BCUT2D eigenvalue weighted by Crippen LogP contribution is -2.46. The summed E-state index contributed by atoms with van der Waals surface area (Å²) in [7, 11) is 4.60. The number of aryl methyl sites for hydroxylation is 1. The predicted octanol–water partition coefficient (Wildman–Crippen LogP) is 1.64. The van der Waals surface area contributed by atoms with Gasteiger partial charge in [0.25, 0.3) is 0 Å². The maximum Gasteiger partial charge on any atom is 0.311 e. The fourth-order valence-electron chi connectivity index (χ4n) is 3.12. The number of aliphatic carboxylic acids is 1. The molecule has 0 radical (unpaired) electrons. The lowest BCUT2D eigenvalue weighted by Gasteiger charge is -2.33. The van der Waals surface area contributed by atoms with E-state index in [-0.39, 0.29) is 18.9 Å². The number of rotatable bonds is 9. The van der Waals surface area contributed by atoms with Gasteiger partial charge in [0.05, 0.1) is 26.7 Å². The van der Waals surface area contributed by atoms with Gasteiger partial charge in [0.15, 0.2) is 11.5 Å². The van der Waals surface area contributed by atoms with Crippen molar-refractivity contribution in [1.29, 1.82) is 0 Å². The Labute approximate surface area is 158 Å². The van der Waals surface area contributed by atoms with Gasteiger partial charge in [-0.05, 0) is 37.0 Å². The van der Waals surface area contributed by atoms with E-state index in [1.807, 2.05) is 0 Å². The molecule has 0 spiro atoms. The van der Waals surface area contributed by atoms with Crippen LogP contribution >= 0.6 is 0 Å². The lowest BCUT2D eigenvalue weighted by atomic mass is 9.80. The summed E-state index contributed by atoms with van der Waals surface area (Å²) in [4.78, 5) is 23.9. The summed E-state index contributed by atoms with van der Waals surface area (Å²) < 4.78 is 21.1. The predicted molar refractivity (Wildman–Crippen MR) is 97.6 cm³/mol. The average molecular weight is 381 g/mol. The fraction of sp³-hybridized carbons (Fsp3) is 0.579. The molecule has 2 rings (SSSR count). The minimum Gasteiger partial charge on any atom is -0.493 e. The third-order valence-electron chi connectivity index (χ3n) is 4.89. The average Bonchev–Trinajstić information content (AvgIpc) is 2.70. The molecule has 0 bridgehead atoms. The zero-order chi connectivity index (χ0) is 19.9. The topological polar surface area (TPSA) is 103 Å². The molecule has 8 nitrogen and oxygen atoms in total. The first-order chi connectivity index (χ1) is 13.0. The summed E-state index contributed by atoms with van der Waals surface area (Å²) in [6.07, 6.45) is 1.49. The summed E-state index contributed by atoms with van der Waals surface area (Å²) in [5, 5.41) is 12.3. The van der Waals surface area contributed by atoms with Crippen LogP contribution in [-0.2, 0) is 20.7 Å². The molecule has 0 aromatic heterocycles. The highest BCUT2D eigenvalue weighted by atomic mass is 16.5. The number of hydrogen-bond acceptors (Lipinski definition) is 6. The van der Waals surface area contributed by atoms with Crippen molar-refractivity contribution in [2.45, 2.75) is 25.7 Å². The third-order valence-corrected chi connectivity index (χ3v) is 4.89. The zero-order valence-electron chi connectivity index (χ0n) is 16.0. The molecule has 150 valence electrons. The molecular weight excluding hydrogens is 354 g/mol. The van der Waals surface area contributed by atoms with E-state index in [2.05, 4.69) is 5.32 Å². The number of nitrogens with one attached hydrogen (secondary N) is 1. The van der Waals surface area contributed by atoms with Gasteiger partial charge in [0.1, 0.15) is 0 Å². The van der Waals surface area contributed by atoms with Crippen molar-refractivity contribution in [1.82, 2.24) is 5.32 Å². The fourth-order valence-corrected chi connectivity index (χ4v) is 3.12. The maximum atomic E-state index is 12.2. The van der Waals surface area contributed by atoms with Crippen molar-refractivity contribution in [2.24, 2.45) is 5.41 Å². The Kier molecular flexibility index (Phi) is 7.29. The SMILES string of the molecule is COc1cc(CCC(=O)NCC2(C(=O)O)CCOCC2)cc(OC)c1OC. The smallest absolute Gasteiger partial charge is 0.311 e. The van der Waals surface area contributed by atoms with E-state index in [1.54, 1.807) is 12.1 Å². The van der Waals surface area contributed by atoms with Gasteiger partial charge < -0.3 is 29.4 Å². The Morgan fingerprint density at radius 3 is 2.19 bits per heavy atom. The first-order valence-corrected chi connectivity index (χ1v) is 8.82. The van der Waals surface area contributed by atoms with Gasteiger partial charge in [0, 0.05) is 26.2 Å². The van der Waals surface area contributed by atoms with Gasteiger partial charge >= 0.3 is 5.97 Å². The van der Waals surface area contributed by atoms with Crippen LogP contribution in [0.1, 0.15) is 24.8 Å². The quantitative estimate of drug-likeness (QED) is 0.670. The maximum absolute atomic E-state index is 12.2. The molecule has 0 unspecified atom stereocenters. The van der Waals surface area contributed by atoms with Crippen molar-refractivity contribution in [2.75, 3.05) is 41.1 Å². The van der Waals surface area contributed by atoms with Crippen LogP contribution in [-0.4, -0.2) is 58.1 Å². The van der Waals surface area contributed by atoms with Crippen molar-refractivity contribution >= 4 is 11.9 Å². The molecule has 8 heteroatoms. The molecule has 1 aromatic rings. The Morgan fingerprint density at radius 2 is 1.70 bits per heavy atom. The molecule has 1 aliphatic heterocycles. The first kappa shape index (κ1) is 20.8. The molecule has 1 saturated heterocycles. The van der Waals surface area contributed by atoms with Crippen LogP contribution in [0.4, 0.5) is 0 Å². The van der Waals surface area contributed by atoms with E-state index in [1.165, 1.54) is 21.3 Å². The molecular formula is C19H27NO7. The number of carbonyl (C=O) groups excluding carboxylic acids is 1. The van der Waals surface area contributed by atoms with Gasteiger partial charge in [-0.1, -0.05) is 0 Å². The Hall–Kier alpha value is -2.48. The number of carbonyl (C=O) groups is 2. The minimum absolute atomic E-state index is 0.111. The number of carboxylic acid groups (broad SMARTS) is 1. The van der Waals surface area contributed by atoms with Crippen molar-refractivity contribution in [3.05, 3.63) is 17.7 Å². The molecule has 2 N–H and O–H groups in total. The lowest BCUT2D eigenvalue weighted by molar-refractivity contribution is -0.154. The van der Waals surface area contributed by atoms with E-state index < -0.39 is 11.4 Å². The van der Waals surface area contributed by atoms with Gasteiger partial charge in [-0.25, -0.2) is 0 Å². The number of amides is 1. The number of methoxy groups -OCH3 is 3. The highest BCUT2D eigenvalue weighted by molar-refractivity contribution is 5.79. The van der Waals surface area contributed by atoms with E-state index in [9.17, 15) is 14.7 Å². The molecule has 0 saturated carbocycles. The standard InChI is InChI=1S/C19H27NO7/c1-24-14-10-13(11-15(25-2)17(14)26-3)4-5-16(21)20-12-19(18(22)23)6-8-27-9-7-19/h10-11H,4-9,12H2,1-3H3,(H,20,21)(H,22,23). The van der Waals surface area contributed by atoms with E-state index in [0.717, 1.165) is 5.56 Å². The molecule has 1 fully saturated rings. The second kappa shape index (κ2) is 9.45. The summed E-state index contributed by atoms with van der Waals surface area (Å²) in [5.74, 6) is 0.460. The van der Waals surface area contributed by atoms with E-state index >= 15 is 0 Å². The molecule has 1 heterocycles. The molecule has 27 heavy (non-hydrogen) atoms. The van der Waals surface area contributed by atoms with Crippen molar-refractivity contribution in [3.8, 4) is 17.2 Å². The zero-order valence-corrected chi connectivity index (χ0v) is 16.0. The minimum atomic E-state index is -0.944. The summed E-state index contributed by atoms with van der Waals surface area (Å²) in [6.45, 7) is 0.904. The van der Waals surface area contributed by atoms with Crippen LogP contribution in [0.15, 0.2) is 12.1 Å². The number of carboxylic acids is 1. The molecule has 1 aromatic carbocycles. The van der Waals surface area contributed by atoms with E-state index in [0.29, 0.717) is 49.7 Å². The molecule has 1 amide bonds. The summed E-state index contributed by atoms with van der Waals surface area (Å²) in [5.41, 5.74) is -0.0841. The Balaban J connectivity index is 1.96. The van der Waals surface area contributed by atoms with Gasteiger partial charge in [-0.2, -0.15) is 0 Å². The van der Waals surface area contributed by atoms with Crippen LogP contribution in [0.3, 0.4) is 0 Å². The van der Waals surface area contributed by atoms with Crippen LogP contribution in [0, 0.1) is 5.41 Å². The van der Waals surface area contributed by atoms with Crippen molar-refractivity contribution in [3.63, 3.8) is 0 Å². The van der Waals surface area contributed by atoms with Crippen LogP contribution in [0.2, 0.25) is 0 Å². The normalized spacial score (nSPS) is 15.7. The van der Waals surface area contributed by atoms with Gasteiger partial charge in [-0.3, -0.25) is 9.59 Å². The number of hydrogen-bond donors (Lipinski definition) is 2. The molecule has 0 aliphatic carbocycles. The van der Waals surface area contributed by atoms with Crippen LogP contribution in [0.5, 0.6) is 17.2 Å². The highest BCUT2D eigenvalue weighted by Crippen LogP contribution is 2.38. The largest absolute Gasteiger partial charge is 0.493 e. The Morgan fingerprint density at radius 1 is 1.11 bits per heavy atom. The third kappa shape index (κ3) is 5.03. The van der Waals surface area contributed by atoms with Gasteiger partial charge in [0.2, 0.25) is 11.7 Å². The van der Waals surface area contributed by atoms with Crippen LogP contribution in [0.25, 0.3) is 0 Å². The van der Waals surface area contributed by atoms with Gasteiger partial charge in [-0.15, -0.1) is 0 Å². The van der Waals surface area contributed by atoms with Crippen LogP contribution < -0.4 is 19.5 Å². The molecule has 0 atom stereocenters. The summed E-state index contributed by atoms with van der Waals surface area (Å²) in [6, 6.07) is 3.59.